The van der Waals surface area contributed by atoms with Crippen LogP contribution in [0.1, 0.15) is 32.3 Å². The summed E-state index contributed by atoms with van der Waals surface area (Å²) in [5.74, 6) is -0.195. The van der Waals surface area contributed by atoms with Crippen LogP contribution in [0.4, 0.5) is 4.39 Å². The molecule has 0 aliphatic rings. The molecule has 0 bridgehead atoms. The van der Waals surface area contributed by atoms with Crippen molar-refractivity contribution in [3.63, 3.8) is 0 Å². The molecular formula is C13H19BrFN. The van der Waals surface area contributed by atoms with Gasteiger partial charge < -0.3 is 0 Å². The lowest BCUT2D eigenvalue weighted by atomic mass is 10.1. The first-order valence-electron chi connectivity index (χ1n) is 5.68. The third-order valence-electron chi connectivity index (χ3n) is 2.89. The Morgan fingerprint density at radius 1 is 1.44 bits per heavy atom. The molecule has 1 atom stereocenters. The Bertz CT molecular complexity index is 341. The van der Waals surface area contributed by atoms with E-state index in [0.29, 0.717) is 6.04 Å². The molecule has 0 aliphatic heterocycles. The highest BCUT2D eigenvalue weighted by atomic mass is 79.9. The van der Waals surface area contributed by atoms with Gasteiger partial charge in [-0.2, -0.15) is 0 Å². The molecule has 1 nitrogen and oxygen atoms in total. The Kier molecular flexibility index (Phi) is 5.42. The van der Waals surface area contributed by atoms with Crippen molar-refractivity contribution in [2.45, 2.75) is 39.3 Å². The van der Waals surface area contributed by atoms with Gasteiger partial charge in [-0.1, -0.05) is 35.3 Å². The van der Waals surface area contributed by atoms with Crippen LogP contribution in [-0.2, 0) is 6.54 Å². The van der Waals surface area contributed by atoms with Gasteiger partial charge in [0.25, 0.3) is 0 Å². The van der Waals surface area contributed by atoms with Crippen LogP contribution in [0, 0.1) is 5.82 Å². The first-order valence-corrected chi connectivity index (χ1v) is 6.48. The van der Waals surface area contributed by atoms with Crippen LogP contribution >= 0.6 is 15.9 Å². The smallest absolute Gasteiger partial charge is 0.124 e. The zero-order valence-corrected chi connectivity index (χ0v) is 11.7. The Balaban J connectivity index is 2.65. The fraction of sp³-hybridized carbons (Fsp3) is 0.538. The van der Waals surface area contributed by atoms with Crippen LogP contribution in [0.2, 0.25) is 0 Å². The summed E-state index contributed by atoms with van der Waals surface area (Å²) in [5.41, 5.74) is 1.13. The van der Waals surface area contributed by atoms with Crippen LogP contribution in [0.5, 0.6) is 0 Å². The van der Waals surface area contributed by atoms with E-state index in [0.717, 1.165) is 16.6 Å². The quantitative estimate of drug-likeness (QED) is 0.784. The number of hydrogen-bond donors (Lipinski definition) is 0. The molecule has 1 aromatic carbocycles. The molecule has 0 N–H and O–H groups in total. The van der Waals surface area contributed by atoms with Gasteiger partial charge in [0, 0.05) is 17.1 Å². The second-order valence-corrected chi connectivity index (χ2v) is 5.14. The molecule has 0 fully saturated rings. The minimum absolute atomic E-state index is 0.195. The summed E-state index contributed by atoms with van der Waals surface area (Å²) in [6.45, 7) is 5.26. The third-order valence-corrected chi connectivity index (χ3v) is 3.63. The molecule has 1 unspecified atom stereocenters. The molecule has 0 saturated carbocycles. The van der Waals surface area contributed by atoms with Crippen LogP contribution in [0.15, 0.2) is 22.7 Å². The first kappa shape index (κ1) is 13.7. The van der Waals surface area contributed by atoms with E-state index < -0.39 is 0 Å². The summed E-state index contributed by atoms with van der Waals surface area (Å²) in [6, 6.07) is 5.43. The SMILES string of the molecule is CCCC(C)N(C)Cc1ccc(F)cc1Br. The van der Waals surface area contributed by atoms with Crippen molar-refractivity contribution in [3.05, 3.63) is 34.1 Å². The van der Waals surface area contributed by atoms with Crippen molar-refractivity contribution < 1.29 is 4.39 Å². The van der Waals surface area contributed by atoms with Gasteiger partial charge in [0.1, 0.15) is 5.82 Å². The minimum atomic E-state index is -0.195. The van der Waals surface area contributed by atoms with E-state index in [1.54, 1.807) is 0 Å². The summed E-state index contributed by atoms with van der Waals surface area (Å²) in [6.07, 6.45) is 2.38. The van der Waals surface area contributed by atoms with E-state index >= 15 is 0 Å². The van der Waals surface area contributed by atoms with Crippen LogP contribution < -0.4 is 0 Å². The zero-order chi connectivity index (χ0) is 12.1. The van der Waals surface area contributed by atoms with Crippen molar-refractivity contribution in [2.24, 2.45) is 0 Å². The Morgan fingerprint density at radius 3 is 2.69 bits per heavy atom. The largest absolute Gasteiger partial charge is 0.299 e. The van der Waals surface area contributed by atoms with Crippen LogP contribution in [0.25, 0.3) is 0 Å². The molecular weight excluding hydrogens is 269 g/mol. The molecule has 0 spiro atoms. The third kappa shape index (κ3) is 3.87. The highest BCUT2D eigenvalue weighted by Gasteiger charge is 2.10. The van der Waals surface area contributed by atoms with E-state index in [9.17, 15) is 4.39 Å². The maximum absolute atomic E-state index is 12.9. The standard InChI is InChI=1S/C13H19BrFN/c1-4-5-10(2)16(3)9-11-6-7-12(15)8-13(11)14/h6-8,10H,4-5,9H2,1-3H3. The molecule has 0 saturated heterocycles. The minimum Gasteiger partial charge on any atom is -0.299 e. The lowest BCUT2D eigenvalue weighted by Crippen LogP contribution is -2.28. The molecule has 16 heavy (non-hydrogen) atoms. The Hall–Kier alpha value is -0.410. The molecule has 0 amide bonds. The number of rotatable bonds is 5. The molecule has 90 valence electrons. The number of benzene rings is 1. The van der Waals surface area contributed by atoms with Gasteiger partial charge in [0.2, 0.25) is 0 Å². The van der Waals surface area contributed by atoms with E-state index in [1.165, 1.54) is 25.0 Å². The van der Waals surface area contributed by atoms with E-state index in [1.807, 2.05) is 6.07 Å². The summed E-state index contributed by atoms with van der Waals surface area (Å²) < 4.78 is 13.8. The Labute approximate surface area is 106 Å². The zero-order valence-electron chi connectivity index (χ0n) is 10.1. The van der Waals surface area contributed by atoms with Gasteiger partial charge in [-0.05, 0) is 38.1 Å². The topological polar surface area (TPSA) is 3.24 Å². The highest BCUT2D eigenvalue weighted by Crippen LogP contribution is 2.20. The molecule has 0 heterocycles. The maximum Gasteiger partial charge on any atom is 0.124 e. The van der Waals surface area contributed by atoms with Gasteiger partial charge in [-0.25, -0.2) is 4.39 Å². The van der Waals surface area contributed by atoms with Crippen molar-refractivity contribution in [2.75, 3.05) is 7.05 Å². The predicted octanol–water partition coefficient (Wildman–Crippen LogP) is 4.21. The summed E-state index contributed by atoms with van der Waals surface area (Å²) >= 11 is 3.40. The fourth-order valence-corrected chi connectivity index (χ4v) is 2.19. The molecule has 0 aromatic heterocycles. The number of hydrogen-bond acceptors (Lipinski definition) is 1. The average Bonchev–Trinajstić information content (AvgIpc) is 2.22. The summed E-state index contributed by atoms with van der Waals surface area (Å²) in [5, 5.41) is 0. The molecule has 1 rings (SSSR count). The monoisotopic (exact) mass is 287 g/mol. The van der Waals surface area contributed by atoms with Crippen molar-refractivity contribution in [1.82, 2.24) is 4.90 Å². The first-order chi connectivity index (χ1) is 7.54. The second kappa shape index (κ2) is 6.36. The second-order valence-electron chi connectivity index (χ2n) is 4.29. The summed E-state index contributed by atoms with van der Waals surface area (Å²) in [7, 11) is 2.11. The normalized spacial score (nSPS) is 13.1. The average molecular weight is 288 g/mol. The van der Waals surface area contributed by atoms with E-state index in [4.69, 9.17) is 0 Å². The summed E-state index contributed by atoms with van der Waals surface area (Å²) in [4.78, 5) is 2.29. The molecule has 0 aliphatic carbocycles. The van der Waals surface area contributed by atoms with Gasteiger partial charge in [-0.15, -0.1) is 0 Å². The van der Waals surface area contributed by atoms with Gasteiger partial charge in [0.05, 0.1) is 0 Å². The molecule has 3 heteroatoms. The van der Waals surface area contributed by atoms with Crippen molar-refractivity contribution in [1.29, 1.82) is 0 Å². The van der Waals surface area contributed by atoms with E-state index in [-0.39, 0.29) is 5.82 Å². The Morgan fingerprint density at radius 2 is 2.12 bits per heavy atom. The molecule has 1 aromatic rings. The van der Waals surface area contributed by atoms with Gasteiger partial charge in [-0.3, -0.25) is 4.90 Å². The lowest BCUT2D eigenvalue weighted by Gasteiger charge is -2.24. The van der Waals surface area contributed by atoms with Crippen LogP contribution in [-0.4, -0.2) is 18.0 Å². The van der Waals surface area contributed by atoms with Crippen molar-refractivity contribution in [3.8, 4) is 0 Å². The van der Waals surface area contributed by atoms with Crippen LogP contribution in [0.3, 0.4) is 0 Å². The van der Waals surface area contributed by atoms with Crippen molar-refractivity contribution >= 4 is 15.9 Å². The number of nitrogens with zero attached hydrogens (tertiary/aromatic N) is 1. The highest BCUT2D eigenvalue weighted by molar-refractivity contribution is 9.10. The fourth-order valence-electron chi connectivity index (χ4n) is 1.71. The van der Waals surface area contributed by atoms with E-state index in [2.05, 4.69) is 41.7 Å². The van der Waals surface area contributed by atoms with Gasteiger partial charge >= 0.3 is 0 Å². The molecule has 0 radical (unpaired) electrons. The number of halogens is 2. The maximum atomic E-state index is 12.9. The predicted molar refractivity (Wildman–Crippen MR) is 69.9 cm³/mol. The van der Waals surface area contributed by atoms with Gasteiger partial charge in [0.15, 0.2) is 0 Å². The lowest BCUT2D eigenvalue weighted by molar-refractivity contribution is 0.236.